The largest absolute Gasteiger partial charge is 0.330 e. The van der Waals surface area contributed by atoms with Gasteiger partial charge in [0.05, 0.1) is 0 Å². The van der Waals surface area contributed by atoms with Crippen molar-refractivity contribution in [2.45, 2.75) is 19.3 Å². The first kappa shape index (κ1) is 13.1. The molecule has 0 saturated carbocycles. The highest BCUT2D eigenvalue weighted by atomic mass is 16.1. The molecule has 20 heavy (non-hydrogen) atoms. The Bertz CT molecular complexity index is 621. The SMILES string of the molecule is NCC1(CC=O)Cc2ccc(-c3ccccc3)cc2C1. The lowest BCUT2D eigenvalue weighted by Crippen LogP contribution is -2.31. The maximum atomic E-state index is 10.9. The third kappa shape index (κ3) is 2.27. The number of carbonyl (C=O) groups is 1. The second-order valence-electron chi connectivity index (χ2n) is 5.78. The van der Waals surface area contributed by atoms with Crippen molar-refractivity contribution in [3.63, 3.8) is 0 Å². The van der Waals surface area contributed by atoms with E-state index in [4.69, 9.17) is 5.73 Å². The molecule has 0 fully saturated rings. The van der Waals surface area contributed by atoms with Crippen LogP contribution in [-0.2, 0) is 17.6 Å². The van der Waals surface area contributed by atoms with Crippen LogP contribution in [0.25, 0.3) is 11.1 Å². The molecule has 0 spiro atoms. The Morgan fingerprint density at radius 3 is 2.45 bits per heavy atom. The number of hydrogen-bond donors (Lipinski definition) is 1. The molecule has 102 valence electrons. The van der Waals surface area contributed by atoms with E-state index in [-0.39, 0.29) is 5.41 Å². The zero-order chi connectivity index (χ0) is 14.0. The summed E-state index contributed by atoms with van der Waals surface area (Å²) in [4.78, 5) is 10.9. The van der Waals surface area contributed by atoms with Crippen LogP contribution >= 0.6 is 0 Å². The average molecular weight is 265 g/mol. The first-order chi connectivity index (χ1) is 9.76. The van der Waals surface area contributed by atoms with Gasteiger partial charge in [-0.05, 0) is 47.1 Å². The Kier molecular flexibility index (Phi) is 3.41. The highest BCUT2D eigenvalue weighted by Gasteiger charge is 2.35. The lowest BCUT2D eigenvalue weighted by Gasteiger charge is -2.24. The van der Waals surface area contributed by atoms with E-state index in [1.165, 1.54) is 22.3 Å². The third-order valence-corrected chi connectivity index (χ3v) is 4.39. The van der Waals surface area contributed by atoms with E-state index in [2.05, 4.69) is 42.5 Å². The Morgan fingerprint density at radius 2 is 1.75 bits per heavy atom. The van der Waals surface area contributed by atoms with Gasteiger partial charge in [0, 0.05) is 6.42 Å². The van der Waals surface area contributed by atoms with Crippen molar-refractivity contribution in [2.24, 2.45) is 11.1 Å². The van der Waals surface area contributed by atoms with Gasteiger partial charge < -0.3 is 10.5 Å². The van der Waals surface area contributed by atoms with Crippen LogP contribution in [0.15, 0.2) is 48.5 Å². The van der Waals surface area contributed by atoms with Gasteiger partial charge in [-0.15, -0.1) is 0 Å². The lowest BCUT2D eigenvalue weighted by atomic mass is 9.82. The second kappa shape index (κ2) is 5.22. The number of aldehydes is 1. The number of rotatable bonds is 4. The average Bonchev–Trinajstić information content (AvgIpc) is 2.86. The molecule has 0 amide bonds. The van der Waals surface area contributed by atoms with Crippen molar-refractivity contribution in [3.8, 4) is 11.1 Å². The molecular weight excluding hydrogens is 246 g/mol. The van der Waals surface area contributed by atoms with Gasteiger partial charge in [0.25, 0.3) is 0 Å². The van der Waals surface area contributed by atoms with Crippen LogP contribution in [0.4, 0.5) is 0 Å². The number of nitrogens with two attached hydrogens (primary N) is 1. The minimum Gasteiger partial charge on any atom is -0.330 e. The molecule has 0 aromatic heterocycles. The highest BCUT2D eigenvalue weighted by molar-refractivity contribution is 5.65. The molecule has 1 aliphatic carbocycles. The number of benzene rings is 2. The molecule has 3 rings (SSSR count). The number of hydrogen-bond acceptors (Lipinski definition) is 2. The Balaban J connectivity index is 1.94. The van der Waals surface area contributed by atoms with Crippen LogP contribution in [0.2, 0.25) is 0 Å². The predicted octanol–water partition coefficient (Wildman–Crippen LogP) is 2.99. The molecule has 1 aliphatic rings. The maximum absolute atomic E-state index is 10.9. The molecule has 1 unspecified atom stereocenters. The van der Waals surface area contributed by atoms with Crippen molar-refractivity contribution in [1.29, 1.82) is 0 Å². The van der Waals surface area contributed by atoms with Crippen LogP contribution in [0.3, 0.4) is 0 Å². The van der Waals surface area contributed by atoms with E-state index in [1.807, 2.05) is 6.07 Å². The summed E-state index contributed by atoms with van der Waals surface area (Å²) >= 11 is 0. The molecule has 1 atom stereocenters. The van der Waals surface area contributed by atoms with E-state index in [0.29, 0.717) is 13.0 Å². The Hall–Kier alpha value is -1.93. The summed E-state index contributed by atoms with van der Waals surface area (Å²) in [5.41, 5.74) is 11.0. The quantitative estimate of drug-likeness (QED) is 0.864. The van der Waals surface area contributed by atoms with E-state index >= 15 is 0 Å². The minimum absolute atomic E-state index is 0.0562. The molecule has 2 aromatic rings. The standard InChI is InChI=1S/C18H19NO/c19-13-18(8-9-20)11-16-7-6-15(10-17(16)12-18)14-4-2-1-3-5-14/h1-7,9-10H,8,11-13,19H2. The zero-order valence-corrected chi connectivity index (χ0v) is 11.5. The summed E-state index contributed by atoms with van der Waals surface area (Å²) in [6.07, 6.45) is 3.40. The van der Waals surface area contributed by atoms with Crippen LogP contribution < -0.4 is 5.73 Å². The molecule has 0 bridgehead atoms. The minimum atomic E-state index is -0.0562. The summed E-state index contributed by atoms with van der Waals surface area (Å²) in [5.74, 6) is 0. The number of fused-ring (bicyclic) bond motifs is 1. The molecule has 2 aromatic carbocycles. The summed E-state index contributed by atoms with van der Waals surface area (Å²) in [6, 6.07) is 17.0. The van der Waals surface area contributed by atoms with Crippen LogP contribution in [0, 0.1) is 5.41 Å². The third-order valence-electron chi connectivity index (χ3n) is 4.39. The summed E-state index contributed by atoms with van der Waals surface area (Å²) < 4.78 is 0. The summed E-state index contributed by atoms with van der Waals surface area (Å²) in [5, 5.41) is 0. The van der Waals surface area contributed by atoms with Gasteiger partial charge in [-0.2, -0.15) is 0 Å². The maximum Gasteiger partial charge on any atom is 0.120 e. The lowest BCUT2D eigenvalue weighted by molar-refractivity contribution is -0.109. The first-order valence-electron chi connectivity index (χ1n) is 7.07. The van der Waals surface area contributed by atoms with E-state index in [9.17, 15) is 4.79 Å². The fourth-order valence-corrected chi connectivity index (χ4v) is 3.19. The van der Waals surface area contributed by atoms with Crippen molar-refractivity contribution in [2.75, 3.05) is 6.54 Å². The van der Waals surface area contributed by atoms with Crippen LogP contribution in [-0.4, -0.2) is 12.8 Å². The molecule has 0 saturated heterocycles. The fourth-order valence-electron chi connectivity index (χ4n) is 3.19. The van der Waals surface area contributed by atoms with Gasteiger partial charge in [-0.25, -0.2) is 0 Å². The van der Waals surface area contributed by atoms with E-state index < -0.39 is 0 Å². The van der Waals surface area contributed by atoms with Gasteiger partial charge in [-0.1, -0.05) is 48.5 Å². The monoisotopic (exact) mass is 265 g/mol. The smallest absolute Gasteiger partial charge is 0.120 e. The van der Waals surface area contributed by atoms with E-state index in [0.717, 1.165) is 19.1 Å². The fraction of sp³-hybridized carbons (Fsp3) is 0.278. The van der Waals surface area contributed by atoms with Crippen LogP contribution in [0.1, 0.15) is 17.5 Å². The molecule has 0 aliphatic heterocycles. The second-order valence-corrected chi connectivity index (χ2v) is 5.78. The summed E-state index contributed by atoms with van der Waals surface area (Å²) in [7, 11) is 0. The van der Waals surface area contributed by atoms with Gasteiger partial charge in [0.1, 0.15) is 6.29 Å². The Morgan fingerprint density at radius 1 is 1.00 bits per heavy atom. The number of carbonyl (C=O) groups excluding carboxylic acids is 1. The molecule has 0 radical (unpaired) electrons. The molecule has 0 heterocycles. The van der Waals surface area contributed by atoms with Crippen molar-refractivity contribution >= 4 is 6.29 Å². The summed E-state index contributed by atoms with van der Waals surface area (Å²) in [6.45, 7) is 0.571. The van der Waals surface area contributed by atoms with Crippen molar-refractivity contribution in [3.05, 3.63) is 59.7 Å². The molecule has 2 nitrogen and oxygen atoms in total. The molecule has 2 N–H and O–H groups in total. The molecular formula is C18H19NO. The topological polar surface area (TPSA) is 43.1 Å². The van der Waals surface area contributed by atoms with Gasteiger partial charge in [0.2, 0.25) is 0 Å². The molecule has 2 heteroatoms. The van der Waals surface area contributed by atoms with Crippen LogP contribution in [0.5, 0.6) is 0 Å². The zero-order valence-electron chi connectivity index (χ0n) is 11.5. The Labute approximate surface area is 119 Å². The first-order valence-corrected chi connectivity index (χ1v) is 7.07. The van der Waals surface area contributed by atoms with Crippen molar-refractivity contribution < 1.29 is 4.79 Å². The van der Waals surface area contributed by atoms with Gasteiger partial charge in [0.15, 0.2) is 0 Å². The predicted molar refractivity (Wildman–Crippen MR) is 81.5 cm³/mol. The van der Waals surface area contributed by atoms with Gasteiger partial charge >= 0.3 is 0 Å². The van der Waals surface area contributed by atoms with Gasteiger partial charge in [-0.3, -0.25) is 0 Å². The normalized spacial score (nSPS) is 20.6. The van der Waals surface area contributed by atoms with E-state index in [1.54, 1.807) is 0 Å². The van der Waals surface area contributed by atoms with Crippen molar-refractivity contribution in [1.82, 2.24) is 0 Å². The highest BCUT2D eigenvalue weighted by Crippen LogP contribution is 2.39.